The molecule has 0 saturated carbocycles. The first kappa shape index (κ1) is 22.7. The number of nitrogens with zero attached hydrogens (tertiary/aromatic N) is 2. The highest BCUT2D eigenvalue weighted by molar-refractivity contribution is 7.93. The van der Waals surface area contributed by atoms with Gasteiger partial charge in [-0.2, -0.15) is 13.9 Å². The Labute approximate surface area is 184 Å². The number of rotatable bonds is 6. The van der Waals surface area contributed by atoms with Crippen molar-refractivity contribution in [1.82, 2.24) is 15.1 Å². The van der Waals surface area contributed by atoms with Crippen molar-refractivity contribution >= 4 is 15.7 Å². The molecule has 8 nitrogen and oxygen atoms in total. The third kappa shape index (κ3) is 4.49. The summed E-state index contributed by atoms with van der Waals surface area (Å²) in [5, 5.41) is 7.48. The van der Waals surface area contributed by atoms with Crippen LogP contribution in [0, 0.1) is 0 Å². The molecule has 174 valence electrons. The van der Waals surface area contributed by atoms with Gasteiger partial charge in [0.2, 0.25) is 5.91 Å². The Kier molecular flexibility index (Phi) is 5.74. The van der Waals surface area contributed by atoms with Gasteiger partial charge in [0.15, 0.2) is 9.84 Å². The number of sulfone groups is 1. The maximum Gasteiger partial charge on any atom is 0.387 e. The molecule has 1 aromatic carbocycles. The molecule has 2 aliphatic rings. The highest BCUT2D eigenvalue weighted by Crippen LogP contribution is 2.34. The fourth-order valence-electron chi connectivity index (χ4n) is 4.32. The monoisotopic (exact) mass is 469 g/mol. The quantitative estimate of drug-likeness (QED) is 0.698. The van der Waals surface area contributed by atoms with E-state index < -0.39 is 28.1 Å². The van der Waals surface area contributed by atoms with Crippen molar-refractivity contribution < 1.29 is 31.5 Å². The summed E-state index contributed by atoms with van der Waals surface area (Å²) in [6.45, 7) is 2.80. The lowest BCUT2D eigenvalue weighted by molar-refractivity contribution is -0.136. The summed E-state index contributed by atoms with van der Waals surface area (Å²) in [6.07, 6.45) is -0.513. The molecule has 3 heterocycles. The summed E-state index contributed by atoms with van der Waals surface area (Å²) in [5.41, 5.74) is 2.03. The maximum atomic E-state index is 12.8. The Balaban J connectivity index is 1.59. The molecule has 1 amide bonds. The molecule has 0 spiro atoms. The lowest BCUT2D eigenvalue weighted by Gasteiger charge is -2.39. The second-order valence-electron chi connectivity index (χ2n) is 8.80. The van der Waals surface area contributed by atoms with E-state index >= 15 is 0 Å². The molecule has 1 aromatic heterocycles. The minimum Gasteiger partial charge on any atom is -0.435 e. The summed E-state index contributed by atoms with van der Waals surface area (Å²) < 4.78 is 60.4. The lowest BCUT2D eigenvalue weighted by Crippen LogP contribution is -2.65. The topological polar surface area (TPSA) is 99.5 Å². The molecule has 11 heteroatoms. The van der Waals surface area contributed by atoms with E-state index in [0.29, 0.717) is 11.3 Å². The molecule has 0 radical (unpaired) electrons. The molecule has 1 unspecified atom stereocenters. The highest BCUT2D eigenvalue weighted by atomic mass is 32.2. The van der Waals surface area contributed by atoms with Crippen molar-refractivity contribution in [1.29, 1.82) is 0 Å². The van der Waals surface area contributed by atoms with E-state index in [9.17, 15) is 22.0 Å². The standard InChI is InChI=1S/C21H25F2N3O5S/c1-12(2)26-16-8-17(19(27)24-21(3)10-32(28,29)11-21)30-9-15(16)18(25-26)13-5-4-6-14(7-13)31-20(22)23/h4-7,12,17,20H,8-11H2,1-3H3,(H,24,27). The first-order valence-corrected chi connectivity index (χ1v) is 12.1. The van der Waals surface area contributed by atoms with Gasteiger partial charge in [-0.3, -0.25) is 9.48 Å². The van der Waals surface area contributed by atoms with Gasteiger partial charge in [-0.25, -0.2) is 8.42 Å². The van der Waals surface area contributed by atoms with Crippen LogP contribution in [0.2, 0.25) is 0 Å². The van der Waals surface area contributed by atoms with Crippen molar-refractivity contribution in [2.75, 3.05) is 11.5 Å². The Bertz CT molecular complexity index is 1130. The molecule has 1 N–H and O–H groups in total. The Morgan fingerprint density at radius 1 is 1.34 bits per heavy atom. The van der Waals surface area contributed by atoms with Crippen molar-refractivity contribution in [3.63, 3.8) is 0 Å². The molecule has 1 atom stereocenters. The van der Waals surface area contributed by atoms with Gasteiger partial charge in [0.05, 0.1) is 29.3 Å². The predicted octanol–water partition coefficient (Wildman–Crippen LogP) is 2.48. The van der Waals surface area contributed by atoms with Crippen LogP contribution in [0.25, 0.3) is 11.3 Å². The third-order valence-electron chi connectivity index (χ3n) is 5.54. The number of fused-ring (bicyclic) bond motifs is 1. The van der Waals surface area contributed by atoms with E-state index in [1.165, 1.54) is 12.1 Å². The molecule has 2 aliphatic heterocycles. The van der Waals surface area contributed by atoms with E-state index in [2.05, 4.69) is 15.2 Å². The Morgan fingerprint density at radius 3 is 2.69 bits per heavy atom. The smallest absolute Gasteiger partial charge is 0.387 e. The van der Waals surface area contributed by atoms with Gasteiger partial charge in [-0.05, 0) is 32.9 Å². The Hall–Kier alpha value is -2.53. The lowest BCUT2D eigenvalue weighted by atomic mass is 9.99. The zero-order valence-electron chi connectivity index (χ0n) is 18.0. The van der Waals surface area contributed by atoms with Crippen LogP contribution < -0.4 is 10.1 Å². The van der Waals surface area contributed by atoms with Crippen molar-refractivity contribution in [3.05, 3.63) is 35.5 Å². The number of nitrogens with one attached hydrogen (secondary N) is 1. The van der Waals surface area contributed by atoms with E-state index in [-0.39, 0.29) is 42.2 Å². The number of hydrogen-bond donors (Lipinski definition) is 1. The van der Waals surface area contributed by atoms with Crippen LogP contribution >= 0.6 is 0 Å². The average molecular weight is 470 g/mol. The van der Waals surface area contributed by atoms with Crippen molar-refractivity contribution in [2.45, 2.75) is 58.1 Å². The number of carbonyl (C=O) groups excluding carboxylic acids is 1. The second kappa shape index (κ2) is 8.11. The van der Waals surface area contributed by atoms with E-state index in [1.54, 1.807) is 19.1 Å². The summed E-state index contributed by atoms with van der Waals surface area (Å²) in [7, 11) is -3.10. The van der Waals surface area contributed by atoms with E-state index in [4.69, 9.17) is 4.74 Å². The maximum absolute atomic E-state index is 12.8. The van der Waals surface area contributed by atoms with E-state index in [0.717, 1.165) is 11.3 Å². The summed E-state index contributed by atoms with van der Waals surface area (Å²) in [5.74, 6) is -0.509. The molecule has 1 fully saturated rings. The SMILES string of the molecule is CC(C)n1nc(-c2cccc(OC(F)F)c2)c2c1CC(C(=O)NC1(C)CS(=O)(=O)C1)OC2. The van der Waals surface area contributed by atoms with Crippen LogP contribution in [0.15, 0.2) is 24.3 Å². The number of benzene rings is 1. The number of hydrogen-bond acceptors (Lipinski definition) is 6. The molecular weight excluding hydrogens is 444 g/mol. The highest BCUT2D eigenvalue weighted by Gasteiger charge is 2.47. The van der Waals surface area contributed by atoms with Crippen molar-refractivity contribution in [3.8, 4) is 17.0 Å². The summed E-state index contributed by atoms with van der Waals surface area (Å²) in [6, 6.07) is 6.30. The number of carbonyl (C=O) groups is 1. The molecule has 0 bridgehead atoms. The first-order valence-electron chi connectivity index (χ1n) is 10.3. The number of halogens is 2. The van der Waals surface area contributed by atoms with Gasteiger partial charge < -0.3 is 14.8 Å². The zero-order valence-corrected chi connectivity index (χ0v) is 18.8. The van der Waals surface area contributed by atoms with Crippen LogP contribution in [-0.2, 0) is 32.4 Å². The minimum absolute atomic E-state index is 0.00546. The molecule has 32 heavy (non-hydrogen) atoms. The fourth-order valence-corrected chi connectivity index (χ4v) is 6.32. The van der Waals surface area contributed by atoms with Crippen LogP contribution in [-0.4, -0.2) is 53.9 Å². The average Bonchev–Trinajstić information content (AvgIpc) is 3.05. The van der Waals surface area contributed by atoms with Gasteiger partial charge >= 0.3 is 6.61 Å². The summed E-state index contributed by atoms with van der Waals surface area (Å²) >= 11 is 0. The molecule has 4 rings (SSSR count). The normalized spacial score (nSPS) is 21.2. The Morgan fingerprint density at radius 2 is 2.06 bits per heavy atom. The molecular formula is C21H25F2N3O5S. The molecule has 2 aromatic rings. The van der Waals surface area contributed by atoms with Crippen LogP contribution in [0.5, 0.6) is 5.75 Å². The minimum atomic E-state index is -3.10. The number of alkyl halides is 2. The largest absolute Gasteiger partial charge is 0.435 e. The summed E-state index contributed by atoms with van der Waals surface area (Å²) in [4.78, 5) is 12.8. The number of amides is 1. The van der Waals surface area contributed by atoms with Crippen molar-refractivity contribution in [2.24, 2.45) is 0 Å². The molecule has 1 saturated heterocycles. The van der Waals surface area contributed by atoms with Gasteiger partial charge in [-0.1, -0.05) is 12.1 Å². The first-order chi connectivity index (χ1) is 15.0. The van der Waals surface area contributed by atoms with Crippen LogP contribution in [0.3, 0.4) is 0 Å². The van der Waals surface area contributed by atoms with E-state index in [1.807, 2.05) is 18.5 Å². The zero-order chi connectivity index (χ0) is 23.3. The van der Waals surface area contributed by atoms with Gasteiger partial charge in [0.25, 0.3) is 0 Å². The number of ether oxygens (including phenoxy) is 2. The van der Waals surface area contributed by atoms with Gasteiger partial charge in [0.1, 0.15) is 11.9 Å². The fraction of sp³-hybridized carbons (Fsp3) is 0.524. The predicted molar refractivity (Wildman–Crippen MR) is 112 cm³/mol. The molecule has 0 aliphatic carbocycles. The van der Waals surface area contributed by atoms with Gasteiger partial charge in [0, 0.05) is 29.3 Å². The third-order valence-corrected chi connectivity index (χ3v) is 7.70. The second-order valence-corrected chi connectivity index (χ2v) is 10.9. The van der Waals surface area contributed by atoms with Crippen LogP contribution in [0.1, 0.15) is 38.1 Å². The number of aromatic nitrogens is 2. The van der Waals surface area contributed by atoms with Crippen LogP contribution in [0.4, 0.5) is 8.78 Å². The van der Waals surface area contributed by atoms with Gasteiger partial charge in [-0.15, -0.1) is 0 Å².